The van der Waals surface area contributed by atoms with Gasteiger partial charge in [0.1, 0.15) is 11.5 Å². The highest BCUT2D eigenvalue weighted by Gasteiger charge is 2.13. The van der Waals surface area contributed by atoms with E-state index in [1.54, 1.807) is 42.5 Å². The maximum Gasteiger partial charge on any atom is 0.306 e. The van der Waals surface area contributed by atoms with Crippen LogP contribution in [0.1, 0.15) is 19.8 Å². The van der Waals surface area contributed by atoms with Crippen molar-refractivity contribution in [2.24, 2.45) is 0 Å². The van der Waals surface area contributed by atoms with Gasteiger partial charge in [0, 0.05) is 30.8 Å². The molecule has 0 aliphatic carbocycles. The standard InChI is InChI=1S/C22H25N3O7/c1-14(26)23-15-4-6-16(7-5-15)24-20(27)10-11-22(29)32-13-21(28)25-18-12-17(30-2)8-9-19(18)31-3/h4-9,12H,10-11,13H2,1-3H3,(H,23,26)(H,24,27)(H,25,28). The van der Waals surface area contributed by atoms with Crippen molar-refractivity contribution in [2.45, 2.75) is 19.8 Å². The first kappa shape index (κ1) is 24.2. The van der Waals surface area contributed by atoms with Crippen LogP contribution in [-0.2, 0) is 23.9 Å². The van der Waals surface area contributed by atoms with E-state index in [9.17, 15) is 19.2 Å². The number of esters is 1. The number of amides is 3. The number of carbonyl (C=O) groups is 4. The Bertz CT molecular complexity index is 974. The minimum absolute atomic E-state index is 0.113. The Labute approximate surface area is 185 Å². The second-order valence-electron chi connectivity index (χ2n) is 6.58. The monoisotopic (exact) mass is 443 g/mol. The van der Waals surface area contributed by atoms with Crippen LogP contribution >= 0.6 is 0 Å². The van der Waals surface area contributed by atoms with E-state index >= 15 is 0 Å². The summed E-state index contributed by atoms with van der Waals surface area (Å²) >= 11 is 0. The predicted octanol–water partition coefficient (Wildman–Crippen LogP) is 2.56. The van der Waals surface area contributed by atoms with Gasteiger partial charge in [-0.3, -0.25) is 19.2 Å². The van der Waals surface area contributed by atoms with E-state index in [0.29, 0.717) is 28.6 Å². The first-order chi connectivity index (χ1) is 15.3. The molecular weight excluding hydrogens is 418 g/mol. The van der Waals surface area contributed by atoms with Crippen molar-refractivity contribution in [1.82, 2.24) is 0 Å². The largest absolute Gasteiger partial charge is 0.497 e. The lowest BCUT2D eigenvalue weighted by Crippen LogP contribution is -2.22. The number of benzene rings is 2. The van der Waals surface area contributed by atoms with Crippen LogP contribution in [0.25, 0.3) is 0 Å². The first-order valence-corrected chi connectivity index (χ1v) is 9.65. The zero-order valence-corrected chi connectivity index (χ0v) is 18.0. The average Bonchev–Trinajstić information content (AvgIpc) is 2.77. The molecule has 3 amide bonds. The maximum absolute atomic E-state index is 12.1. The molecule has 0 fully saturated rings. The topological polar surface area (TPSA) is 132 Å². The van der Waals surface area contributed by atoms with Crippen molar-refractivity contribution in [3.8, 4) is 11.5 Å². The highest BCUT2D eigenvalue weighted by molar-refractivity contribution is 5.95. The fourth-order valence-electron chi connectivity index (χ4n) is 2.60. The van der Waals surface area contributed by atoms with Gasteiger partial charge in [0.05, 0.1) is 26.3 Å². The van der Waals surface area contributed by atoms with Crippen LogP contribution in [0.3, 0.4) is 0 Å². The van der Waals surface area contributed by atoms with E-state index in [2.05, 4.69) is 16.0 Å². The molecule has 0 spiro atoms. The molecule has 2 rings (SSSR count). The van der Waals surface area contributed by atoms with Crippen molar-refractivity contribution < 1.29 is 33.4 Å². The number of anilines is 3. The SMILES string of the molecule is COc1ccc(OC)c(NC(=O)COC(=O)CCC(=O)Nc2ccc(NC(C)=O)cc2)c1. The van der Waals surface area contributed by atoms with Gasteiger partial charge < -0.3 is 30.2 Å². The molecule has 2 aromatic carbocycles. The van der Waals surface area contributed by atoms with Gasteiger partial charge in [0.25, 0.3) is 5.91 Å². The van der Waals surface area contributed by atoms with E-state index in [1.807, 2.05) is 0 Å². The summed E-state index contributed by atoms with van der Waals surface area (Å²) in [7, 11) is 2.95. The highest BCUT2D eigenvalue weighted by atomic mass is 16.5. The molecule has 0 aliphatic rings. The lowest BCUT2D eigenvalue weighted by molar-refractivity contribution is -0.147. The van der Waals surface area contributed by atoms with Crippen LogP contribution in [-0.4, -0.2) is 44.5 Å². The number of nitrogens with one attached hydrogen (secondary N) is 3. The summed E-state index contributed by atoms with van der Waals surface area (Å²) in [5, 5.41) is 7.83. The van der Waals surface area contributed by atoms with Crippen molar-refractivity contribution in [3.05, 3.63) is 42.5 Å². The van der Waals surface area contributed by atoms with E-state index in [1.165, 1.54) is 21.1 Å². The number of rotatable bonds is 10. The van der Waals surface area contributed by atoms with E-state index in [0.717, 1.165) is 0 Å². The van der Waals surface area contributed by atoms with Gasteiger partial charge in [0.15, 0.2) is 6.61 Å². The second kappa shape index (κ2) is 11.9. The molecule has 32 heavy (non-hydrogen) atoms. The Balaban J connectivity index is 1.74. The lowest BCUT2D eigenvalue weighted by Gasteiger charge is -2.12. The Hall–Kier alpha value is -4.08. The zero-order chi connectivity index (χ0) is 23.5. The number of methoxy groups -OCH3 is 2. The molecule has 10 nitrogen and oxygen atoms in total. The van der Waals surface area contributed by atoms with Gasteiger partial charge in [-0.25, -0.2) is 0 Å². The number of carbonyl (C=O) groups excluding carboxylic acids is 4. The Morgan fingerprint density at radius 1 is 0.781 bits per heavy atom. The van der Waals surface area contributed by atoms with Crippen LogP contribution in [0.2, 0.25) is 0 Å². The summed E-state index contributed by atoms with van der Waals surface area (Å²) in [5.41, 5.74) is 1.49. The summed E-state index contributed by atoms with van der Waals surface area (Å²) in [5.74, 6) is -0.889. The number of ether oxygens (including phenoxy) is 3. The minimum Gasteiger partial charge on any atom is -0.497 e. The molecule has 0 radical (unpaired) electrons. The minimum atomic E-state index is -0.686. The summed E-state index contributed by atoms with van der Waals surface area (Å²) in [4.78, 5) is 46.9. The van der Waals surface area contributed by atoms with Crippen LogP contribution in [0, 0.1) is 0 Å². The van der Waals surface area contributed by atoms with Crippen LogP contribution in [0.4, 0.5) is 17.1 Å². The van der Waals surface area contributed by atoms with Crippen LogP contribution in [0.5, 0.6) is 11.5 Å². The molecule has 10 heteroatoms. The molecule has 0 saturated heterocycles. The molecule has 170 valence electrons. The predicted molar refractivity (Wildman–Crippen MR) is 118 cm³/mol. The number of hydrogen-bond acceptors (Lipinski definition) is 7. The Kier molecular flexibility index (Phi) is 9.03. The summed E-state index contributed by atoms with van der Waals surface area (Å²) in [6.07, 6.45) is -0.302. The summed E-state index contributed by atoms with van der Waals surface area (Å²) in [6.45, 7) is 0.888. The highest BCUT2D eigenvalue weighted by Crippen LogP contribution is 2.28. The first-order valence-electron chi connectivity index (χ1n) is 9.65. The van der Waals surface area contributed by atoms with Gasteiger partial charge >= 0.3 is 5.97 Å². The van der Waals surface area contributed by atoms with Gasteiger partial charge in [-0.05, 0) is 36.4 Å². The second-order valence-corrected chi connectivity index (χ2v) is 6.58. The molecule has 0 aliphatic heterocycles. The average molecular weight is 443 g/mol. The Morgan fingerprint density at radius 3 is 2.03 bits per heavy atom. The normalized spacial score (nSPS) is 9.97. The Morgan fingerprint density at radius 2 is 1.44 bits per heavy atom. The van der Waals surface area contributed by atoms with Gasteiger partial charge in [-0.1, -0.05) is 0 Å². The van der Waals surface area contributed by atoms with Crippen molar-refractivity contribution in [3.63, 3.8) is 0 Å². The molecule has 3 N–H and O–H groups in total. The van der Waals surface area contributed by atoms with E-state index in [4.69, 9.17) is 14.2 Å². The smallest absolute Gasteiger partial charge is 0.306 e. The fourth-order valence-corrected chi connectivity index (χ4v) is 2.60. The van der Waals surface area contributed by atoms with Crippen molar-refractivity contribution in [1.29, 1.82) is 0 Å². The molecule has 0 unspecified atom stereocenters. The molecule has 0 atom stereocenters. The summed E-state index contributed by atoms with van der Waals surface area (Å²) in [6, 6.07) is 11.4. The van der Waals surface area contributed by atoms with Crippen LogP contribution in [0.15, 0.2) is 42.5 Å². The lowest BCUT2D eigenvalue weighted by atomic mass is 10.2. The van der Waals surface area contributed by atoms with E-state index < -0.39 is 18.5 Å². The van der Waals surface area contributed by atoms with Crippen molar-refractivity contribution >= 4 is 40.8 Å². The van der Waals surface area contributed by atoms with Crippen molar-refractivity contribution in [2.75, 3.05) is 36.8 Å². The third kappa shape index (κ3) is 7.98. The number of hydrogen-bond donors (Lipinski definition) is 3. The quantitative estimate of drug-likeness (QED) is 0.481. The molecule has 0 aromatic heterocycles. The third-order valence-electron chi connectivity index (χ3n) is 4.09. The fraction of sp³-hybridized carbons (Fsp3) is 0.273. The van der Waals surface area contributed by atoms with Gasteiger partial charge in [-0.2, -0.15) is 0 Å². The molecule has 0 heterocycles. The molecule has 2 aromatic rings. The van der Waals surface area contributed by atoms with E-state index in [-0.39, 0.29) is 24.7 Å². The molecular formula is C22H25N3O7. The third-order valence-corrected chi connectivity index (χ3v) is 4.09. The van der Waals surface area contributed by atoms with Crippen LogP contribution < -0.4 is 25.4 Å². The van der Waals surface area contributed by atoms with Gasteiger partial charge in [-0.15, -0.1) is 0 Å². The van der Waals surface area contributed by atoms with Gasteiger partial charge in [0.2, 0.25) is 11.8 Å². The summed E-state index contributed by atoms with van der Waals surface area (Å²) < 4.78 is 15.2. The maximum atomic E-state index is 12.1. The zero-order valence-electron chi connectivity index (χ0n) is 18.0. The molecule has 0 saturated carbocycles. The molecule has 0 bridgehead atoms.